The Bertz CT molecular complexity index is 572. The fourth-order valence-corrected chi connectivity index (χ4v) is 2.38. The number of fused-ring (bicyclic) bond motifs is 1. The largest absolute Gasteiger partial charge is 0.392 e. The molecule has 0 radical (unpaired) electrons. The van der Waals surface area contributed by atoms with Crippen LogP contribution in [0, 0.1) is 5.41 Å². The summed E-state index contributed by atoms with van der Waals surface area (Å²) in [6.45, 7) is 7.50. The molecular formula is C16H22N2O. The highest BCUT2D eigenvalue weighted by molar-refractivity contribution is 5.81. The molecule has 0 spiro atoms. The molecule has 2 rings (SSSR count). The van der Waals surface area contributed by atoms with Crippen LogP contribution in [0.1, 0.15) is 26.3 Å². The summed E-state index contributed by atoms with van der Waals surface area (Å²) >= 11 is 0. The highest BCUT2D eigenvalue weighted by Gasteiger charge is 2.17. The Balaban J connectivity index is 2.46. The first kappa shape index (κ1) is 13.8. The molecular weight excluding hydrogens is 236 g/mol. The van der Waals surface area contributed by atoms with E-state index in [2.05, 4.69) is 25.7 Å². The molecule has 3 nitrogen and oxygen atoms in total. The first-order chi connectivity index (χ1) is 8.90. The van der Waals surface area contributed by atoms with Gasteiger partial charge in [0.25, 0.3) is 0 Å². The van der Waals surface area contributed by atoms with Crippen LogP contribution in [0.25, 0.3) is 10.9 Å². The average Bonchev–Trinajstić information content (AvgIpc) is 2.35. The van der Waals surface area contributed by atoms with Gasteiger partial charge in [-0.15, -0.1) is 0 Å². The molecule has 0 aliphatic heterocycles. The zero-order valence-electron chi connectivity index (χ0n) is 12.1. The van der Waals surface area contributed by atoms with Crippen molar-refractivity contribution in [3.05, 3.63) is 35.9 Å². The fraction of sp³-hybridized carbons (Fsp3) is 0.438. The topological polar surface area (TPSA) is 36.4 Å². The highest BCUT2D eigenvalue weighted by Crippen LogP contribution is 2.25. The summed E-state index contributed by atoms with van der Waals surface area (Å²) in [5.41, 5.74) is 2.04. The average molecular weight is 258 g/mol. The Morgan fingerprint density at radius 1 is 1.21 bits per heavy atom. The van der Waals surface area contributed by atoms with Crippen molar-refractivity contribution in [1.29, 1.82) is 0 Å². The molecule has 0 aliphatic carbocycles. The summed E-state index contributed by atoms with van der Waals surface area (Å²) in [7, 11) is 2.03. The molecule has 2 aromatic rings. The van der Waals surface area contributed by atoms with E-state index < -0.39 is 0 Å². The Kier molecular flexibility index (Phi) is 3.76. The summed E-state index contributed by atoms with van der Waals surface area (Å²) in [5, 5.41) is 10.6. The zero-order chi connectivity index (χ0) is 14.0. The van der Waals surface area contributed by atoms with E-state index in [0.717, 1.165) is 28.8 Å². The van der Waals surface area contributed by atoms with Gasteiger partial charge in [-0.25, -0.2) is 4.98 Å². The number of para-hydroxylation sites is 1. The lowest BCUT2D eigenvalue weighted by atomic mass is 9.96. The number of pyridine rings is 1. The summed E-state index contributed by atoms with van der Waals surface area (Å²) in [4.78, 5) is 6.82. The quantitative estimate of drug-likeness (QED) is 0.918. The highest BCUT2D eigenvalue weighted by atomic mass is 16.3. The molecule has 0 atom stereocenters. The van der Waals surface area contributed by atoms with Gasteiger partial charge in [0.2, 0.25) is 0 Å². The number of aliphatic hydroxyl groups excluding tert-OH is 1. The molecule has 0 saturated carbocycles. The first-order valence-corrected chi connectivity index (χ1v) is 6.61. The minimum atomic E-state index is 0.0155. The lowest BCUT2D eigenvalue weighted by Crippen LogP contribution is -2.30. The maximum atomic E-state index is 9.56. The molecule has 1 aromatic carbocycles. The molecule has 0 aliphatic rings. The van der Waals surface area contributed by atoms with Crippen LogP contribution in [0.3, 0.4) is 0 Å². The smallest absolute Gasteiger partial charge is 0.134 e. The van der Waals surface area contributed by atoms with Gasteiger partial charge in [-0.1, -0.05) is 39.0 Å². The fourth-order valence-electron chi connectivity index (χ4n) is 2.38. The van der Waals surface area contributed by atoms with E-state index in [-0.39, 0.29) is 12.0 Å². The van der Waals surface area contributed by atoms with Crippen molar-refractivity contribution in [1.82, 2.24) is 4.98 Å². The Morgan fingerprint density at radius 2 is 1.89 bits per heavy atom. The van der Waals surface area contributed by atoms with Crippen LogP contribution in [0.2, 0.25) is 0 Å². The minimum absolute atomic E-state index is 0.0155. The van der Waals surface area contributed by atoms with E-state index in [1.807, 2.05) is 37.4 Å². The Hall–Kier alpha value is -1.61. The van der Waals surface area contributed by atoms with Crippen molar-refractivity contribution in [3.8, 4) is 0 Å². The minimum Gasteiger partial charge on any atom is -0.392 e. The van der Waals surface area contributed by atoms with Crippen molar-refractivity contribution in [2.24, 2.45) is 5.41 Å². The molecule has 0 amide bonds. The van der Waals surface area contributed by atoms with Crippen molar-refractivity contribution < 1.29 is 5.11 Å². The van der Waals surface area contributed by atoms with Crippen molar-refractivity contribution >= 4 is 16.7 Å². The third kappa shape index (κ3) is 3.24. The van der Waals surface area contributed by atoms with Crippen molar-refractivity contribution in [2.75, 3.05) is 18.5 Å². The predicted molar refractivity (Wildman–Crippen MR) is 80.4 cm³/mol. The normalized spacial score (nSPS) is 11.8. The molecule has 0 saturated heterocycles. The third-order valence-electron chi connectivity index (χ3n) is 3.02. The first-order valence-electron chi connectivity index (χ1n) is 6.61. The lowest BCUT2D eigenvalue weighted by molar-refractivity contribution is 0.281. The SMILES string of the molecule is CN(CC(C)(C)C)c1nc2ccccc2cc1CO. The van der Waals surface area contributed by atoms with Gasteiger partial charge in [0.15, 0.2) is 0 Å². The second-order valence-corrected chi connectivity index (χ2v) is 6.24. The number of benzene rings is 1. The Labute approximate surface area is 114 Å². The van der Waals surface area contributed by atoms with E-state index in [9.17, 15) is 5.11 Å². The zero-order valence-corrected chi connectivity index (χ0v) is 12.1. The lowest BCUT2D eigenvalue weighted by Gasteiger charge is -2.28. The second kappa shape index (κ2) is 5.17. The van der Waals surface area contributed by atoms with Crippen LogP contribution in [-0.4, -0.2) is 23.7 Å². The van der Waals surface area contributed by atoms with Crippen LogP contribution < -0.4 is 4.90 Å². The van der Waals surface area contributed by atoms with Gasteiger partial charge in [-0.05, 0) is 17.5 Å². The monoisotopic (exact) mass is 258 g/mol. The van der Waals surface area contributed by atoms with E-state index in [4.69, 9.17) is 4.98 Å². The molecule has 1 aromatic heterocycles. The maximum absolute atomic E-state index is 9.56. The number of nitrogens with zero attached hydrogens (tertiary/aromatic N) is 2. The molecule has 1 heterocycles. The molecule has 0 unspecified atom stereocenters. The van der Waals surface area contributed by atoms with Crippen molar-refractivity contribution in [2.45, 2.75) is 27.4 Å². The summed E-state index contributed by atoms with van der Waals surface area (Å²) in [6, 6.07) is 10.0. The molecule has 19 heavy (non-hydrogen) atoms. The second-order valence-electron chi connectivity index (χ2n) is 6.24. The van der Waals surface area contributed by atoms with Crippen LogP contribution in [0.15, 0.2) is 30.3 Å². The summed E-state index contributed by atoms with van der Waals surface area (Å²) in [5.74, 6) is 0.871. The van der Waals surface area contributed by atoms with Gasteiger partial charge in [-0.3, -0.25) is 0 Å². The standard InChI is InChI=1S/C16H22N2O/c1-16(2,3)11-18(4)15-13(10-19)9-12-7-5-6-8-14(12)17-15/h5-9,19H,10-11H2,1-4H3. The van der Waals surface area contributed by atoms with Crippen LogP contribution in [0.5, 0.6) is 0 Å². The van der Waals surface area contributed by atoms with E-state index >= 15 is 0 Å². The predicted octanol–water partition coefficient (Wildman–Crippen LogP) is 3.21. The van der Waals surface area contributed by atoms with Gasteiger partial charge < -0.3 is 10.0 Å². The number of aliphatic hydroxyl groups is 1. The maximum Gasteiger partial charge on any atom is 0.134 e. The van der Waals surface area contributed by atoms with Gasteiger partial charge in [0.1, 0.15) is 5.82 Å². The van der Waals surface area contributed by atoms with E-state index in [1.165, 1.54) is 0 Å². The molecule has 0 fully saturated rings. The van der Waals surface area contributed by atoms with Crippen LogP contribution >= 0.6 is 0 Å². The van der Waals surface area contributed by atoms with Gasteiger partial charge in [0, 0.05) is 24.5 Å². The van der Waals surface area contributed by atoms with E-state index in [0.29, 0.717) is 0 Å². The summed E-state index contributed by atoms with van der Waals surface area (Å²) < 4.78 is 0. The molecule has 102 valence electrons. The number of aromatic nitrogens is 1. The van der Waals surface area contributed by atoms with Gasteiger partial charge >= 0.3 is 0 Å². The van der Waals surface area contributed by atoms with E-state index in [1.54, 1.807) is 0 Å². The van der Waals surface area contributed by atoms with Crippen LogP contribution in [0.4, 0.5) is 5.82 Å². The number of hydrogen-bond acceptors (Lipinski definition) is 3. The van der Waals surface area contributed by atoms with Crippen molar-refractivity contribution in [3.63, 3.8) is 0 Å². The van der Waals surface area contributed by atoms with Gasteiger partial charge in [-0.2, -0.15) is 0 Å². The molecule has 0 bridgehead atoms. The third-order valence-corrected chi connectivity index (χ3v) is 3.02. The number of anilines is 1. The molecule has 3 heteroatoms. The molecule has 1 N–H and O–H groups in total. The van der Waals surface area contributed by atoms with Gasteiger partial charge in [0.05, 0.1) is 12.1 Å². The van der Waals surface area contributed by atoms with Crippen LogP contribution in [-0.2, 0) is 6.61 Å². The number of rotatable bonds is 3. The number of hydrogen-bond donors (Lipinski definition) is 1. The summed E-state index contributed by atoms with van der Waals surface area (Å²) in [6.07, 6.45) is 0. The Morgan fingerprint density at radius 3 is 2.53 bits per heavy atom.